The van der Waals surface area contributed by atoms with E-state index in [1.807, 2.05) is 110 Å². The molecule has 0 saturated carbocycles. The average Bonchev–Trinajstić information content (AvgIpc) is 0.827. The predicted molar refractivity (Wildman–Crippen MR) is 367 cm³/mol. The Kier molecular flexibility index (Phi) is 31.3. The summed E-state index contributed by atoms with van der Waals surface area (Å²) in [6, 6.07) is 1.27. The third kappa shape index (κ3) is 21.5. The maximum Gasteiger partial charge on any atom is 0.246 e. The summed E-state index contributed by atoms with van der Waals surface area (Å²) >= 11 is 0. The highest BCUT2D eigenvalue weighted by atomic mass is 16.3. The van der Waals surface area contributed by atoms with Gasteiger partial charge in [0.15, 0.2) is 0 Å². The Bertz CT molecular complexity index is 2980. The maximum absolute atomic E-state index is 15.4. The second-order valence-electron chi connectivity index (χ2n) is 28.5. The van der Waals surface area contributed by atoms with Gasteiger partial charge in [0, 0.05) is 49.3 Å². The summed E-state index contributed by atoms with van der Waals surface area (Å²) in [5, 5.41) is 25.6. The number of carbonyl (C=O) groups is 11. The van der Waals surface area contributed by atoms with Crippen molar-refractivity contribution in [1.29, 1.82) is 0 Å². The van der Waals surface area contributed by atoms with Crippen LogP contribution < -0.4 is 21.3 Å². The molecule has 526 valence electrons. The van der Waals surface area contributed by atoms with Gasteiger partial charge in [-0.05, 0) is 110 Å². The minimum Gasteiger partial charge on any atom is -0.390 e. The van der Waals surface area contributed by atoms with Crippen molar-refractivity contribution in [3.8, 4) is 0 Å². The molecule has 0 aromatic heterocycles. The molecule has 12 atom stereocenters. The van der Waals surface area contributed by atoms with E-state index in [9.17, 15) is 38.7 Å². The van der Waals surface area contributed by atoms with Crippen molar-refractivity contribution in [3.63, 3.8) is 0 Å². The average molecular weight is 1310 g/mol. The van der Waals surface area contributed by atoms with Crippen molar-refractivity contribution < 1.29 is 57.8 Å². The van der Waals surface area contributed by atoms with Crippen LogP contribution >= 0.6 is 0 Å². The van der Waals surface area contributed by atoms with Gasteiger partial charge >= 0.3 is 0 Å². The van der Waals surface area contributed by atoms with Gasteiger partial charge in [-0.25, -0.2) is 0 Å². The third-order valence-corrected chi connectivity index (χ3v) is 18.0. The van der Waals surface area contributed by atoms with Gasteiger partial charge in [0.2, 0.25) is 65.0 Å². The van der Waals surface area contributed by atoms with Crippen LogP contribution in [0.3, 0.4) is 0 Å². The van der Waals surface area contributed by atoms with E-state index in [-0.39, 0.29) is 62.2 Å². The van der Waals surface area contributed by atoms with Gasteiger partial charge in [-0.1, -0.05) is 152 Å². The Morgan fingerprint density at radius 2 is 0.926 bits per heavy atom. The zero-order chi connectivity index (χ0) is 71.7. The lowest BCUT2D eigenvalue weighted by atomic mass is 9.91. The van der Waals surface area contributed by atoms with Gasteiger partial charge in [0.05, 0.1) is 12.6 Å². The van der Waals surface area contributed by atoms with Crippen molar-refractivity contribution >= 4 is 81.8 Å². The van der Waals surface area contributed by atoms with Gasteiger partial charge in [-0.2, -0.15) is 0 Å². The van der Waals surface area contributed by atoms with Crippen LogP contribution in [0.1, 0.15) is 155 Å². The minimum atomic E-state index is -1.66. The van der Waals surface area contributed by atoms with Crippen LogP contribution in [0, 0.1) is 41.4 Å². The van der Waals surface area contributed by atoms with E-state index in [1.165, 1.54) is 87.7 Å². The summed E-state index contributed by atoms with van der Waals surface area (Å²) in [4.78, 5) is 170. The molecule has 0 bridgehead atoms. The van der Waals surface area contributed by atoms with Crippen LogP contribution in [-0.4, -0.2) is 227 Å². The molecule has 94 heavy (non-hydrogen) atoms. The number of amides is 11. The Morgan fingerprint density at radius 3 is 1.45 bits per heavy atom. The molecule has 0 unspecified atom stereocenters. The van der Waals surface area contributed by atoms with E-state index in [0.29, 0.717) is 0 Å². The molecule has 2 aromatic rings. The lowest BCUT2D eigenvalue weighted by molar-refractivity contribution is -0.157. The summed E-state index contributed by atoms with van der Waals surface area (Å²) in [6.07, 6.45) is 3.06. The second-order valence-corrected chi connectivity index (χ2v) is 28.5. The fourth-order valence-corrected chi connectivity index (χ4v) is 12.1. The summed E-state index contributed by atoms with van der Waals surface area (Å²) in [5.41, 5.74) is 0.924. The van der Waals surface area contributed by atoms with Gasteiger partial charge < -0.3 is 60.7 Å². The monoisotopic (exact) mass is 1310 g/mol. The van der Waals surface area contributed by atoms with E-state index in [2.05, 4.69) is 21.3 Å². The molecule has 5 N–H and O–H groups in total. The topological polar surface area (TPSA) is 279 Å². The van der Waals surface area contributed by atoms with E-state index in [4.69, 9.17) is 0 Å². The second kappa shape index (κ2) is 36.5. The molecule has 1 saturated heterocycles. The largest absolute Gasteiger partial charge is 0.390 e. The fraction of sp³-hybridized carbons (Fsp3) is 0.676. The van der Waals surface area contributed by atoms with E-state index < -0.39 is 156 Å². The lowest BCUT2D eigenvalue weighted by Crippen LogP contribution is -2.63. The zero-order valence-electron chi connectivity index (χ0n) is 60.6. The highest BCUT2D eigenvalue weighted by Gasteiger charge is 2.46. The van der Waals surface area contributed by atoms with Crippen LogP contribution in [-0.2, 0) is 52.7 Å². The van der Waals surface area contributed by atoms with E-state index in [1.54, 1.807) is 41.5 Å². The van der Waals surface area contributed by atoms with Crippen LogP contribution in [0.4, 0.5) is 0 Å². The molecule has 2 aromatic carbocycles. The molecule has 1 heterocycles. The summed E-state index contributed by atoms with van der Waals surface area (Å²) < 4.78 is 0. The highest BCUT2D eigenvalue weighted by molar-refractivity contribution is 6.00. The van der Waals surface area contributed by atoms with Crippen LogP contribution in [0.15, 0.2) is 48.5 Å². The Hall–Kier alpha value is -7.43. The molecule has 3 rings (SSSR count). The molecule has 1 aliphatic rings. The Balaban J connectivity index is 2.31. The Morgan fingerprint density at radius 1 is 0.468 bits per heavy atom. The SMILES string of the molecule is CC[C@@H]1NC(=O)[C@H]([C@H](O)[C@H](C)C/C=C/c2cccc3ccccc23)N(C)C(=O)[C@H](C(C)C)N(C)C(=O)[C@H](CC(C)C)N(C)C(=O)[C@H](CC(C)C)N(C)C(=O)[C@@H](C)NC(=O)[C@H](C)NC(=O)[C@H](CC(C)C)N(C)C(=O)[C@H](C(C)C)NC(=O)[C@H](CC(C)C)N(C)C(=O)CN(C)C1=O. The van der Waals surface area contributed by atoms with Gasteiger partial charge in [0.25, 0.3) is 0 Å². The lowest BCUT2D eigenvalue weighted by Gasteiger charge is -2.41. The first-order valence-electron chi connectivity index (χ1n) is 33.6. The van der Waals surface area contributed by atoms with Crippen molar-refractivity contribution in [1.82, 2.24) is 55.6 Å². The number of nitrogens with zero attached hydrogens (tertiary/aromatic N) is 7. The normalized spacial score (nSPS) is 25.5. The number of hydrogen-bond donors (Lipinski definition) is 5. The van der Waals surface area contributed by atoms with Crippen LogP contribution in [0.5, 0.6) is 0 Å². The molecule has 23 heteroatoms. The minimum absolute atomic E-state index is 0.00422. The number of nitrogens with one attached hydrogen (secondary N) is 4. The number of fused-ring (bicyclic) bond motifs is 1. The van der Waals surface area contributed by atoms with Crippen molar-refractivity contribution in [2.45, 2.75) is 216 Å². The summed E-state index contributed by atoms with van der Waals surface area (Å²) in [6.45, 7) is 27.6. The molecule has 1 fully saturated rings. The van der Waals surface area contributed by atoms with Gasteiger partial charge in [-0.15, -0.1) is 0 Å². The summed E-state index contributed by atoms with van der Waals surface area (Å²) in [5.74, 6) is -9.96. The van der Waals surface area contributed by atoms with Crippen molar-refractivity contribution in [2.75, 3.05) is 55.9 Å². The molecule has 0 spiro atoms. The molecule has 0 radical (unpaired) electrons. The predicted octanol–water partition coefficient (Wildman–Crippen LogP) is 5.56. The molecule has 1 aliphatic heterocycles. The van der Waals surface area contributed by atoms with E-state index >= 15 is 19.2 Å². The molecular weight excluding hydrogens is 1200 g/mol. The first-order valence-corrected chi connectivity index (χ1v) is 33.6. The number of hydrogen-bond acceptors (Lipinski definition) is 12. The number of allylic oxidation sites excluding steroid dienone is 1. The zero-order valence-corrected chi connectivity index (χ0v) is 60.6. The standard InChI is InChI=1S/C71H115N11O12/c1-24-52-67(90)76(17)39-57(83)77(18)53(35-40(2)3)64(87)75-58(44(10)11)70(93)78(19)54(36-41(4)5)63(86)72-47(15)62(85)73-48(16)66(89)79(20)55(37-42(6)7)68(91)80(21)56(38-43(8)9)69(92)81(22)59(45(12)13)71(94)82(23)60(65(88)74-52)61(84)46(14)29-27-31-50-33-28-32-49-30-25-26-34-51(49)50/h25-28,30-34,40-48,52-56,58-61,84H,24,29,35-39H2,1-23H3,(H,72,86)(H,73,85)(H,74,88)(H,75,87)/b31-27+/t46-,47+,48-,52+,53+,54+,55+,56+,58+,59+,60+,61-/m1/s1. The number of likely N-dealkylation sites (N-methyl/N-ethyl adjacent to an activating group) is 7. The number of benzene rings is 2. The highest BCUT2D eigenvalue weighted by Crippen LogP contribution is 2.27. The smallest absolute Gasteiger partial charge is 0.246 e. The van der Waals surface area contributed by atoms with Crippen molar-refractivity contribution in [2.24, 2.45) is 41.4 Å². The summed E-state index contributed by atoms with van der Waals surface area (Å²) in [7, 11) is 9.95. The van der Waals surface area contributed by atoms with E-state index in [0.717, 1.165) is 26.1 Å². The molecule has 11 amide bonds. The number of rotatable bonds is 16. The first kappa shape index (κ1) is 80.8. The van der Waals surface area contributed by atoms with Crippen molar-refractivity contribution in [3.05, 3.63) is 54.1 Å². The van der Waals surface area contributed by atoms with Crippen LogP contribution in [0.2, 0.25) is 0 Å². The number of aliphatic hydroxyl groups excluding tert-OH is 1. The fourth-order valence-electron chi connectivity index (χ4n) is 12.1. The molecule has 0 aliphatic carbocycles. The third-order valence-electron chi connectivity index (χ3n) is 18.0. The molecule has 23 nitrogen and oxygen atoms in total. The maximum atomic E-state index is 15.4. The molecular formula is C71H115N11O12. The number of aliphatic hydroxyl groups is 1. The first-order chi connectivity index (χ1) is 43.7. The number of carbonyl (C=O) groups excluding carboxylic acids is 11. The quantitative estimate of drug-likeness (QED) is 0.138. The van der Waals surface area contributed by atoms with Gasteiger partial charge in [-0.3, -0.25) is 52.7 Å². The van der Waals surface area contributed by atoms with Gasteiger partial charge in [0.1, 0.15) is 60.4 Å². The Labute approximate surface area is 560 Å². The van der Waals surface area contributed by atoms with Crippen LogP contribution in [0.25, 0.3) is 16.8 Å².